The molecule has 0 unspecified atom stereocenters. The Kier molecular flexibility index (Phi) is 6.32. The van der Waals surface area contributed by atoms with Crippen molar-refractivity contribution in [2.24, 2.45) is 0 Å². The first-order chi connectivity index (χ1) is 15.5. The number of hydrogen-bond donors (Lipinski definition) is 1. The highest BCUT2D eigenvalue weighted by atomic mass is 35.5. The molecular formula is C25H23ClN2O4. The van der Waals surface area contributed by atoms with Crippen LogP contribution in [-0.2, 0) is 17.8 Å². The van der Waals surface area contributed by atoms with Gasteiger partial charge in [0.2, 0.25) is 5.91 Å². The van der Waals surface area contributed by atoms with Crippen molar-refractivity contribution in [3.8, 4) is 11.5 Å². The molecule has 1 aliphatic heterocycles. The number of anilines is 1. The van der Waals surface area contributed by atoms with Crippen molar-refractivity contribution in [2.45, 2.75) is 19.0 Å². The Morgan fingerprint density at radius 3 is 2.41 bits per heavy atom. The first-order valence-electron chi connectivity index (χ1n) is 10.2. The van der Waals surface area contributed by atoms with Crippen LogP contribution in [0.25, 0.3) is 0 Å². The number of nitrogens with zero attached hydrogens (tertiary/aromatic N) is 1. The second-order valence-electron chi connectivity index (χ2n) is 7.47. The Bertz CT molecular complexity index is 1150. The summed E-state index contributed by atoms with van der Waals surface area (Å²) in [5, 5.41) is 3.24. The minimum atomic E-state index is -0.720. The highest BCUT2D eigenvalue weighted by Crippen LogP contribution is 2.36. The third-order valence-electron chi connectivity index (χ3n) is 5.53. The maximum atomic E-state index is 13.5. The van der Waals surface area contributed by atoms with E-state index in [0.717, 1.165) is 11.1 Å². The molecule has 0 aliphatic carbocycles. The summed E-state index contributed by atoms with van der Waals surface area (Å²) in [6, 6.07) is 19.5. The quantitative estimate of drug-likeness (QED) is 0.572. The summed E-state index contributed by atoms with van der Waals surface area (Å²) in [5.41, 5.74) is 2.90. The van der Waals surface area contributed by atoms with Crippen LogP contribution >= 0.6 is 11.6 Å². The van der Waals surface area contributed by atoms with E-state index in [9.17, 15) is 9.59 Å². The van der Waals surface area contributed by atoms with E-state index in [1.54, 1.807) is 23.1 Å². The van der Waals surface area contributed by atoms with E-state index in [1.807, 2.05) is 48.5 Å². The molecule has 0 spiro atoms. The van der Waals surface area contributed by atoms with Crippen molar-refractivity contribution in [2.75, 3.05) is 19.5 Å². The summed E-state index contributed by atoms with van der Waals surface area (Å²) >= 11 is 6.27. The van der Waals surface area contributed by atoms with E-state index < -0.39 is 6.04 Å². The molecule has 0 saturated carbocycles. The number of nitrogens with one attached hydrogen (secondary N) is 1. The van der Waals surface area contributed by atoms with Crippen LogP contribution in [0.5, 0.6) is 11.5 Å². The Morgan fingerprint density at radius 2 is 1.72 bits per heavy atom. The van der Waals surface area contributed by atoms with E-state index in [1.165, 1.54) is 14.2 Å². The lowest BCUT2D eigenvalue weighted by Crippen LogP contribution is -2.45. The minimum absolute atomic E-state index is 0.156. The van der Waals surface area contributed by atoms with Gasteiger partial charge < -0.3 is 19.7 Å². The largest absolute Gasteiger partial charge is 0.495 e. The SMILES string of the molecule is COc1cc(OC)c(NC(=O)[C@@H](Cc2ccccc2)N2Cc3ccccc3C2=O)cc1Cl. The van der Waals surface area contributed by atoms with Gasteiger partial charge >= 0.3 is 0 Å². The van der Waals surface area contributed by atoms with Crippen LogP contribution in [0.2, 0.25) is 5.02 Å². The van der Waals surface area contributed by atoms with Crippen LogP contribution in [-0.4, -0.2) is 37.0 Å². The Balaban J connectivity index is 1.66. The van der Waals surface area contributed by atoms with Crippen molar-refractivity contribution >= 4 is 29.1 Å². The number of carbonyl (C=O) groups excluding carboxylic acids is 2. The summed E-state index contributed by atoms with van der Waals surface area (Å²) in [6.45, 7) is 0.375. The highest BCUT2D eigenvalue weighted by Gasteiger charge is 2.36. The van der Waals surface area contributed by atoms with E-state index in [-0.39, 0.29) is 11.8 Å². The van der Waals surface area contributed by atoms with Gasteiger partial charge in [0.1, 0.15) is 17.5 Å². The molecule has 0 saturated heterocycles. The van der Waals surface area contributed by atoms with Crippen LogP contribution in [0, 0.1) is 0 Å². The molecule has 2 amide bonds. The van der Waals surface area contributed by atoms with E-state index in [2.05, 4.69) is 5.32 Å². The normalized spacial score (nSPS) is 13.5. The summed E-state index contributed by atoms with van der Waals surface area (Å²) in [4.78, 5) is 28.2. The van der Waals surface area contributed by atoms with Gasteiger partial charge in [-0.25, -0.2) is 0 Å². The maximum Gasteiger partial charge on any atom is 0.255 e. The zero-order chi connectivity index (χ0) is 22.7. The Morgan fingerprint density at radius 1 is 1.03 bits per heavy atom. The van der Waals surface area contributed by atoms with E-state index >= 15 is 0 Å². The molecule has 32 heavy (non-hydrogen) atoms. The molecule has 0 radical (unpaired) electrons. The smallest absolute Gasteiger partial charge is 0.255 e. The van der Waals surface area contributed by atoms with Crippen molar-refractivity contribution in [1.29, 1.82) is 0 Å². The predicted molar refractivity (Wildman–Crippen MR) is 123 cm³/mol. The van der Waals surface area contributed by atoms with Gasteiger partial charge in [-0.3, -0.25) is 9.59 Å². The van der Waals surface area contributed by atoms with Crippen LogP contribution < -0.4 is 14.8 Å². The summed E-state index contributed by atoms with van der Waals surface area (Å²) < 4.78 is 10.6. The maximum absolute atomic E-state index is 13.5. The second-order valence-corrected chi connectivity index (χ2v) is 7.88. The molecule has 3 aromatic rings. The van der Waals surface area contributed by atoms with Crippen LogP contribution in [0.15, 0.2) is 66.7 Å². The zero-order valence-corrected chi connectivity index (χ0v) is 18.6. The topological polar surface area (TPSA) is 67.9 Å². The average Bonchev–Trinajstić information content (AvgIpc) is 3.14. The number of fused-ring (bicyclic) bond motifs is 1. The van der Waals surface area contributed by atoms with Gasteiger partial charge in [-0.15, -0.1) is 0 Å². The second kappa shape index (κ2) is 9.32. The number of ether oxygens (including phenoxy) is 2. The molecule has 0 fully saturated rings. The molecule has 164 valence electrons. The Labute approximate surface area is 191 Å². The molecule has 1 atom stereocenters. The lowest BCUT2D eigenvalue weighted by atomic mass is 10.0. The van der Waals surface area contributed by atoms with Crippen LogP contribution in [0.3, 0.4) is 0 Å². The molecule has 4 rings (SSSR count). The lowest BCUT2D eigenvalue weighted by Gasteiger charge is -2.27. The molecule has 1 aliphatic rings. The van der Waals surface area contributed by atoms with E-state index in [4.69, 9.17) is 21.1 Å². The standard InChI is InChI=1S/C25H23ClN2O4/c1-31-22-14-23(32-2)20(13-19(22)26)27-24(29)21(12-16-8-4-3-5-9-16)28-15-17-10-6-7-11-18(17)25(28)30/h3-11,13-14,21H,12,15H2,1-2H3,(H,27,29)/t21-/m1/s1. The molecule has 0 bridgehead atoms. The van der Waals surface area contributed by atoms with Gasteiger partial charge in [-0.05, 0) is 23.3 Å². The summed E-state index contributed by atoms with van der Waals surface area (Å²) in [7, 11) is 3.01. The van der Waals surface area contributed by atoms with Gasteiger partial charge in [-0.1, -0.05) is 60.1 Å². The zero-order valence-electron chi connectivity index (χ0n) is 17.8. The molecular weight excluding hydrogens is 428 g/mol. The molecule has 1 heterocycles. The van der Waals surface area contributed by atoms with Crippen molar-refractivity contribution in [3.05, 3.63) is 88.4 Å². The fraction of sp³-hybridized carbons (Fsp3) is 0.200. The number of rotatable bonds is 7. The number of carbonyl (C=O) groups is 2. The Hall–Kier alpha value is -3.51. The predicted octanol–water partition coefficient (Wildman–Crippen LogP) is 4.56. The van der Waals surface area contributed by atoms with Gasteiger partial charge in [0.25, 0.3) is 5.91 Å². The first kappa shape index (κ1) is 21.7. The first-order valence-corrected chi connectivity index (χ1v) is 10.5. The van der Waals surface area contributed by atoms with Gasteiger partial charge in [0.15, 0.2) is 0 Å². The third-order valence-corrected chi connectivity index (χ3v) is 5.83. The van der Waals surface area contributed by atoms with Gasteiger partial charge in [0.05, 0.1) is 24.9 Å². The average molecular weight is 451 g/mol. The molecule has 7 heteroatoms. The lowest BCUT2D eigenvalue weighted by molar-refractivity contribution is -0.120. The fourth-order valence-corrected chi connectivity index (χ4v) is 4.12. The number of amides is 2. The minimum Gasteiger partial charge on any atom is -0.495 e. The summed E-state index contributed by atoms with van der Waals surface area (Å²) in [5.74, 6) is 0.368. The van der Waals surface area contributed by atoms with E-state index in [0.29, 0.717) is 40.7 Å². The van der Waals surface area contributed by atoms with Crippen LogP contribution in [0.1, 0.15) is 21.5 Å². The molecule has 3 aromatic carbocycles. The molecule has 6 nitrogen and oxygen atoms in total. The third kappa shape index (κ3) is 4.27. The van der Waals surface area contributed by atoms with Crippen molar-refractivity contribution < 1.29 is 19.1 Å². The monoisotopic (exact) mass is 450 g/mol. The number of methoxy groups -OCH3 is 2. The number of benzene rings is 3. The molecule has 0 aromatic heterocycles. The van der Waals surface area contributed by atoms with Crippen molar-refractivity contribution in [1.82, 2.24) is 4.90 Å². The number of hydrogen-bond acceptors (Lipinski definition) is 4. The van der Waals surface area contributed by atoms with Crippen LogP contribution in [0.4, 0.5) is 5.69 Å². The van der Waals surface area contributed by atoms with Crippen molar-refractivity contribution in [3.63, 3.8) is 0 Å². The van der Waals surface area contributed by atoms with Gasteiger partial charge in [-0.2, -0.15) is 0 Å². The van der Waals surface area contributed by atoms with Gasteiger partial charge in [0, 0.05) is 24.6 Å². The summed E-state index contributed by atoms with van der Waals surface area (Å²) in [6.07, 6.45) is 0.374. The molecule has 1 N–H and O–H groups in total. The highest BCUT2D eigenvalue weighted by molar-refractivity contribution is 6.32. The fourth-order valence-electron chi connectivity index (χ4n) is 3.88. The number of halogens is 1.